The fraction of sp³-hybridized carbons (Fsp3) is 0.0943. The minimum absolute atomic E-state index is 0.149. The standard InChI is InChI=1S/C53H44N2/c1-37-33-49-50-34-38(2)48(40-27-31-46(32-28-40)55(43-21-13-7-14-22-43)44-23-15-8-16-24-44)36-52(50)53(3,4)51(49)35-47(37)39-25-29-45(30-26-39)54(41-17-9-5-10-18-41)42-19-11-6-12-20-42/h5-36H,1-4H3. The van der Waals surface area contributed by atoms with Crippen molar-refractivity contribution in [2.75, 3.05) is 9.80 Å². The third-order valence-electron chi connectivity index (χ3n) is 11.3. The number of benzene rings is 8. The molecule has 55 heavy (non-hydrogen) atoms. The molecule has 0 saturated carbocycles. The van der Waals surface area contributed by atoms with Crippen LogP contribution in [-0.4, -0.2) is 0 Å². The molecule has 0 radical (unpaired) electrons. The average Bonchev–Trinajstić information content (AvgIpc) is 3.43. The second kappa shape index (κ2) is 14.0. The lowest BCUT2D eigenvalue weighted by molar-refractivity contribution is 0.660. The van der Waals surface area contributed by atoms with E-state index in [2.05, 4.69) is 232 Å². The normalized spacial score (nSPS) is 12.5. The van der Waals surface area contributed by atoms with E-state index in [0.717, 1.165) is 34.1 Å². The van der Waals surface area contributed by atoms with Crippen molar-refractivity contribution < 1.29 is 0 Å². The van der Waals surface area contributed by atoms with Crippen LogP contribution in [0.4, 0.5) is 34.1 Å². The average molecular weight is 709 g/mol. The third-order valence-corrected chi connectivity index (χ3v) is 11.3. The first kappa shape index (κ1) is 34.1. The van der Waals surface area contributed by atoms with Crippen LogP contribution in [0.2, 0.25) is 0 Å². The van der Waals surface area contributed by atoms with Gasteiger partial charge in [0.15, 0.2) is 0 Å². The first-order valence-electron chi connectivity index (χ1n) is 19.2. The second-order valence-corrected chi connectivity index (χ2v) is 15.2. The summed E-state index contributed by atoms with van der Waals surface area (Å²) in [6.45, 7) is 9.28. The van der Waals surface area contributed by atoms with Gasteiger partial charge in [0.2, 0.25) is 0 Å². The van der Waals surface area contributed by atoms with E-state index in [1.165, 1.54) is 55.6 Å². The topological polar surface area (TPSA) is 6.48 Å². The number of fused-ring (bicyclic) bond motifs is 3. The van der Waals surface area contributed by atoms with Gasteiger partial charge in [-0.1, -0.05) is 123 Å². The summed E-state index contributed by atoms with van der Waals surface area (Å²) in [6.07, 6.45) is 0. The van der Waals surface area contributed by atoms with Crippen LogP contribution in [-0.2, 0) is 5.41 Å². The third kappa shape index (κ3) is 6.20. The molecule has 8 aromatic carbocycles. The predicted octanol–water partition coefficient (Wildman–Crippen LogP) is 14.9. The predicted molar refractivity (Wildman–Crippen MR) is 234 cm³/mol. The molecule has 0 unspecified atom stereocenters. The van der Waals surface area contributed by atoms with Crippen molar-refractivity contribution in [2.45, 2.75) is 33.1 Å². The Balaban J connectivity index is 1.04. The molecule has 1 aliphatic carbocycles. The zero-order valence-corrected chi connectivity index (χ0v) is 31.9. The van der Waals surface area contributed by atoms with Gasteiger partial charge in [0.05, 0.1) is 0 Å². The summed E-state index contributed by atoms with van der Waals surface area (Å²) < 4.78 is 0. The second-order valence-electron chi connectivity index (χ2n) is 15.2. The Hall–Kier alpha value is -6.64. The van der Waals surface area contributed by atoms with Crippen LogP contribution in [0.15, 0.2) is 194 Å². The number of para-hydroxylation sites is 4. The highest BCUT2D eigenvalue weighted by Crippen LogP contribution is 2.52. The lowest BCUT2D eigenvalue weighted by Crippen LogP contribution is -2.15. The fourth-order valence-electron chi connectivity index (χ4n) is 8.45. The summed E-state index contributed by atoms with van der Waals surface area (Å²) in [7, 11) is 0. The molecule has 0 amide bonds. The lowest BCUT2D eigenvalue weighted by Gasteiger charge is -2.26. The Labute approximate surface area is 325 Å². The molecule has 0 fully saturated rings. The Kier molecular flexibility index (Phi) is 8.67. The maximum Gasteiger partial charge on any atom is 0.0462 e. The maximum absolute atomic E-state index is 2.46. The van der Waals surface area contributed by atoms with Crippen molar-refractivity contribution in [1.82, 2.24) is 0 Å². The molecule has 0 spiro atoms. The smallest absolute Gasteiger partial charge is 0.0462 e. The van der Waals surface area contributed by atoms with Gasteiger partial charge < -0.3 is 9.80 Å². The molecule has 0 heterocycles. The highest BCUT2D eigenvalue weighted by molar-refractivity contribution is 5.89. The largest absolute Gasteiger partial charge is 0.311 e. The summed E-state index contributed by atoms with van der Waals surface area (Å²) in [4.78, 5) is 4.63. The Bertz CT molecular complexity index is 2330. The van der Waals surface area contributed by atoms with Crippen LogP contribution >= 0.6 is 0 Å². The van der Waals surface area contributed by atoms with Gasteiger partial charge in [-0.05, 0) is 154 Å². The molecule has 9 rings (SSSR count). The molecule has 0 saturated heterocycles. The van der Waals surface area contributed by atoms with Gasteiger partial charge >= 0.3 is 0 Å². The van der Waals surface area contributed by atoms with Gasteiger partial charge in [-0.25, -0.2) is 0 Å². The van der Waals surface area contributed by atoms with Crippen LogP contribution < -0.4 is 9.80 Å². The summed E-state index contributed by atoms with van der Waals surface area (Å²) >= 11 is 0. The van der Waals surface area contributed by atoms with E-state index in [1.54, 1.807) is 0 Å². The number of hydrogen-bond acceptors (Lipinski definition) is 2. The zero-order valence-electron chi connectivity index (χ0n) is 31.9. The molecule has 0 aliphatic heterocycles. The molecule has 2 heteroatoms. The number of nitrogens with zero attached hydrogens (tertiary/aromatic N) is 2. The van der Waals surface area contributed by atoms with Gasteiger partial charge in [0, 0.05) is 39.5 Å². The van der Waals surface area contributed by atoms with Gasteiger partial charge in [0.1, 0.15) is 0 Å². The Morgan fingerprint density at radius 3 is 0.873 bits per heavy atom. The van der Waals surface area contributed by atoms with Crippen LogP contribution in [0.5, 0.6) is 0 Å². The lowest BCUT2D eigenvalue weighted by atomic mass is 9.80. The van der Waals surface area contributed by atoms with E-state index in [0.29, 0.717) is 0 Å². The first-order chi connectivity index (χ1) is 26.9. The minimum atomic E-state index is -0.149. The molecule has 0 atom stereocenters. The van der Waals surface area contributed by atoms with Crippen LogP contribution in [0, 0.1) is 13.8 Å². The molecule has 1 aliphatic rings. The van der Waals surface area contributed by atoms with Crippen molar-refractivity contribution in [3.63, 3.8) is 0 Å². The van der Waals surface area contributed by atoms with Crippen molar-refractivity contribution in [1.29, 1.82) is 0 Å². The van der Waals surface area contributed by atoms with Crippen LogP contribution in [0.1, 0.15) is 36.1 Å². The molecular formula is C53H44N2. The van der Waals surface area contributed by atoms with E-state index in [9.17, 15) is 0 Å². The number of aryl methyl sites for hydroxylation is 2. The van der Waals surface area contributed by atoms with E-state index >= 15 is 0 Å². The van der Waals surface area contributed by atoms with E-state index in [4.69, 9.17) is 0 Å². The van der Waals surface area contributed by atoms with E-state index < -0.39 is 0 Å². The van der Waals surface area contributed by atoms with Gasteiger partial charge in [-0.2, -0.15) is 0 Å². The Morgan fingerprint density at radius 2 is 0.582 bits per heavy atom. The molecule has 266 valence electrons. The van der Waals surface area contributed by atoms with E-state index in [1.807, 2.05) is 0 Å². The summed E-state index contributed by atoms with van der Waals surface area (Å²) in [6, 6.07) is 70.2. The number of anilines is 6. The summed E-state index contributed by atoms with van der Waals surface area (Å²) in [5.74, 6) is 0. The molecule has 2 nitrogen and oxygen atoms in total. The summed E-state index contributed by atoms with van der Waals surface area (Å²) in [5.41, 5.74) is 19.8. The fourth-order valence-corrected chi connectivity index (χ4v) is 8.45. The minimum Gasteiger partial charge on any atom is -0.311 e. The van der Waals surface area contributed by atoms with Crippen molar-refractivity contribution in [2.24, 2.45) is 0 Å². The zero-order chi connectivity index (χ0) is 37.5. The van der Waals surface area contributed by atoms with E-state index in [-0.39, 0.29) is 5.41 Å². The van der Waals surface area contributed by atoms with Gasteiger partial charge in [-0.3, -0.25) is 0 Å². The van der Waals surface area contributed by atoms with Gasteiger partial charge in [-0.15, -0.1) is 0 Å². The SMILES string of the molecule is Cc1cc2c(cc1-c1ccc(N(c3ccccc3)c3ccccc3)cc1)C(C)(C)c1cc(-c3ccc(N(c4ccccc4)c4ccccc4)cc3)c(C)cc1-2. The first-order valence-corrected chi connectivity index (χ1v) is 19.2. The quantitative estimate of drug-likeness (QED) is 0.155. The van der Waals surface area contributed by atoms with Crippen LogP contribution in [0.3, 0.4) is 0 Å². The van der Waals surface area contributed by atoms with Crippen molar-refractivity contribution >= 4 is 34.1 Å². The monoisotopic (exact) mass is 708 g/mol. The molecular weight excluding hydrogens is 665 g/mol. The highest BCUT2D eigenvalue weighted by Gasteiger charge is 2.37. The highest BCUT2D eigenvalue weighted by atomic mass is 15.1. The number of rotatable bonds is 8. The van der Waals surface area contributed by atoms with Crippen LogP contribution in [0.25, 0.3) is 33.4 Å². The molecule has 0 N–H and O–H groups in total. The molecule has 0 aromatic heterocycles. The maximum atomic E-state index is 2.46. The molecule has 8 aromatic rings. The summed E-state index contributed by atoms with van der Waals surface area (Å²) in [5, 5.41) is 0. The number of hydrogen-bond donors (Lipinski definition) is 0. The Morgan fingerprint density at radius 1 is 0.309 bits per heavy atom. The van der Waals surface area contributed by atoms with Crippen molar-refractivity contribution in [3.05, 3.63) is 216 Å². The molecule has 0 bridgehead atoms. The van der Waals surface area contributed by atoms with Crippen molar-refractivity contribution in [3.8, 4) is 33.4 Å². The van der Waals surface area contributed by atoms with Gasteiger partial charge in [0.25, 0.3) is 0 Å².